The van der Waals surface area contributed by atoms with Gasteiger partial charge in [0.25, 0.3) is 0 Å². The van der Waals surface area contributed by atoms with Crippen molar-refractivity contribution >= 4 is 11.6 Å². The van der Waals surface area contributed by atoms with Crippen molar-refractivity contribution in [2.45, 2.75) is 6.92 Å². The van der Waals surface area contributed by atoms with Crippen molar-refractivity contribution in [2.75, 3.05) is 0 Å². The van der Waals surface area contributed by atoms with E-state index in [1.165, 1.54) is 0 Å². The van der Waals surface area contributed by atoms with Gasteiger partial charge in [0.15, 0.2) is 0 Å². The van der Waals surface area contributed by atoms with Gasteiger partial charge in [-0.1, -0.05) is 60.9 Å². The number of carbonyl (C=O) groups is 2. The Morgan fingerprint density at radius 2 is 1.14 bits per heavy atom. The number of hydrogen-bond donors (Lipinski definition) is 0. The van der Waals surface area contributed by atoms with Gasteiger partial charge >= 0.3 is 20.4 Å². The second-order valence-corrected chi connectivity index (χ2v) is 4.56. The Morgan fingerprint density at radius 1 is 0.864 bits per heavy atom. The Balaban J connectivity index is 0.000000791. The number of allylic oxidation sites excluding steroid dienone is 1. The summed E-state index contributed by atoms with van der Waals surface area (Å²) >= 11 is 0. The van der Waals surface area contributed by atoms with Gasteiger partial charge < -0.3 is 9.59 Å². The molecule has 0 saturated carbocycles. The molecule has 0 spiro atoms. The van der Waals surface area contributed by atoms with E-state index in [0.717, 1.165) is 12.0 Å². The smallest absolute Gasteiger partial charge is 0.318 e. The van der Waals surface area contributed by atoms with Crippen LogP contribution in [0.25, 0.3) is 0 Å². The fraction of sp³-hybridized carbons (Fsp3) is 0.0526. The molecule has 2 nitrogen and oxygen atoms in total. The zero-order chi connectivity index (χ0) is 15.7. The van der Waals surface area contributed by atoms with Crippen molar-refractivity contribution in [1.29, 1.82) is 0 Å². The first-order chi connectivity index (χ1) is 10.0. The maximum atomic E-state index is 11.8. The third-order valence-corrected chi connectivity index (χ3v) is 2.38. The van der Waals surface area contributed by atoms with Gasteiger partial charge in [0, 0.05) is 0 Å². The number of rotatable bonds is 4. The Bertz CT molecular complexity index is 550. The molecule has 0 aliphatic rings. The van der Waals surface area contributed by atoms with Gasteiger partial charge in [0.2, 0.25) is 0 Å². The molecule has 0 heterocycles. The standard InChI is InChI=1S/C15H11O2.C4H7.Pd/c16-14(12-7-3-1-4-8-12)11-15(17)13-9-5-2-6-10-13;1-4(2)3;/h1-11H;1-2H2,3H3;/q2*-1;+2. The van der Waals surface area contributed by atoms with Crippen LogP contribution in [0, 0.1) is 13.3 Å². The molecule has 116 valence electrons. The first-order valence-corrected chi connectivity index (χ1v) is 6.51. The summed E-state index contributed by atoms with van der Waals surface area (Å²) in [4.78, 5) is 23.5. The maximum Gasteiger partial charge on any atom is 2.00 e. The third-order valence-electron chi connectivity index (χ3n) is 2.38. The van der Waals surface area contributed by atoms with E-state index in [9.17, 15) is 9.59 Å². The number of benzene rings is 2. The van der Waals surface area contributed by atoms with Gasteiger partial charge in [-0.2, -0.15) is 0 Å². The number of hydrogen-bond acceptors (Lipinski definition) is 2. The summed E-state index contributed by atoms with van der Waals surface area (Å²) in [6.07, 6.45) is 1.13. The second kappa shape index (κ2) is 10.6. The molecule has 2 aromatic rings. The molecule has 0 fully saturated rings. The molecule has 2 aromatic carbocycles. The van der Waals surface area contributed by atoms with E-state index in [4.69, 9.17) is 0 Å². The van der Waals surface area contributed by atoms with E-state index < -0.39 is 0 Å². The SMILES string of the molecule is C=C([CH2-])C.O=C([CH-]C(=O)c1ccccc1)c1ccccc1.[Pd+2]. The topological polar surface area (TPSA) is 34.1 Å². The minimum absolute atomic E-state index is 0. The fourth-order valence-corrected chi connectivity index (χ4v) is 1.49. The molecule has 0 bridgehead atoms. The molecule has 0 atom stereocenters. The normalized spacial score (nSPS) is 8.59. The molecule has 0 saturated heterocycles. The number of ketones is 2. The molecule has 0 aromatic heterocycles. The van der Waals surface area contributed by atoms with Crippen molar-refractivity contribution in [3.8, 4) is 0 Å². The molecule has 0 unspecified atom stereocenters. The first kappa shape index (κ1) is 19.9. The summed E-state index contributed by atoms with van der Waals surface area (Å²) in [7, 11) is 0. The van der Waals surface area contributed by atoms with Crippen LogP contribution in [-0.4, -0.2) is 11.6 Å². The van der Waals surface area contributed by atoms with Crippen LogP contribution in [0.5, 0.6) is 0 Å². The Kier molecular flexibility index (Phi) is 9.62. The summed E-state index contributed by atoms with van der Waals surface area (Å²) in [5, 5.41) is 0. The third kappa shape index (κ3) is 7.64. The second-order valence-electron chi connectivity index (χ2n) is 4.56. The molecular weight excluding hydrogens is 367 g/mol. The van der Waals surface area contributed by atoms with Gasteiger partial charge in [-0.3, -0.25) is 0 Å². The predicted octanol–water partition coefficient (Wildman–Crippen LogP) is 4.35. The van der Waals surface area contributed by atoms with Gasteiger partial charge in [0.05, 0.1) is 11.6 Å². The van der Waals surface area contributed by atoms with E-state index in [1.54, 1.807) is 48.5 Å². The molecule has 0 aliphatic heterocycles. The quantitative estimate of drug-likeness (QED) is 0.340. The van der Waals surface area contributed by atoms with Crippen molar-refractivity contribution < 1.29 is 30.0 Å². The van der Waals surface area contributed by atoms with E-state index in [1.807, 2.05) is 19.1 Å². The van der Waals surface area contributed by atoms with Crippen molar-refractivity contribution in [3.63, 3.8) is 0 Å². The summed E-state index contributed by atoms with van der Waals surface area (Å²) in [5.74, 6) is -0.529. The van der Waals surface area contributed by atoms with E-state index in [0.29, 0.717) is 11.1 Å². The molecule has 2 rings (SSSR count). The van der Waals surface area contributed by atoms with Crippen LogP contribution in [0.3, 0.4) is 0 Å². The fourth-order valence-electron chi connectivity index (χ4n) is 1.49. The molecule has 0 N–H and O–H groups in total. The number of Topliss-reactive ketones (excluding diaryl/α,β-unsaturated/α-hetero) is 2. The maximum absolute atomic E-state index is 11.8. The molecule has 0 aliphatic carbocycles. The minimum atomic E-state index is -0.264. The summed E-state index contributed by atoms with van der Waals surface area (Å²) in [6, 6.07) is 17.5. The first-order valence-electron chi connectivity index (χ1n) is 6.51. The van der Waals surface area contributed by atoms with Gasteiger partial charge in [-0.15, -0.1) is 24.3 Å². The van der Waals surface area contributed by atoms with Gasteiger partial charge in [0.1, 0.15) is 0 Å². The summed E-state index contributed by atoms with van der Waals surface area (Å²) in [5.41, 5.74) is 1.97. The molecule has 0 amide bonds. The van der Waals surface area contributed by atoms with Crippen LogP contribution >= 0.6 is 0 Å². The van der Waals surface area contributed by atoms with Crippen molar-refractivity contribution in [2.24, 2.45) is 0 Å². The zero-order valence-corrected chi connectivity index (χ0v) is 14.0. The molecular formula is C19H18O2Pd. The average Bonchev–Trinajstić information content (AvgIpc) is 2.48. The molecule has 22 heavy (non-hydrogen) atoms. The Hall–Kier alpha value is -2.08. The van der Waals surface area contributed by atoms with Crippen molar-refractivity contribution in [1.82, 2.24) is 0 Å². The van der Waals surface area contributed by atoms with Gasteiger partial charge in [-0.25, -0.2) is 19.1 Å². The summed E-state index contributed by atoms with van der Waals surface area (Å²) in [6.45, 7) is 8.75. The average molecular weight is 385 g/mol. The van der Waals surface area contributed by atoms with Crippen LogP contribution in [0.2, 0.25) is 0 Å². The van der Waals surface area contributed by atoms with Crippen LogP contribution in [0.15, 0.2) is 72.8 Å². The Labute approximate surface area is 145 Å². The van der Waals surface area contributed by atoms with Crippen LogP contribution in [-0.2, 0) is 20.4 Å². The largest absolute Gasteiger partial charge is 2.00 e. The zero-order valence-electron chi connectivity index (χ0n) is 12.4. The molecule has 3 heteroatoms. The monoisotopic (exact) mass is 384 g/mol. The van der Waals surface area contributed by atoms with Crippen LogP contribution in [0.1, 0.15) is 27.6 Å². The van der Waals surface area contributed by atoms with Crippen LogP contribution in [0.4, 0.5) is 0 Å². The van der Waals surface area contributed by atoms with E-state index >= 15 is 0 Å². The summed E-state index contributed by atoms with van der Waals surface area (Å²) < 4.78 is 0. The minimum Gasteiger partial charge on any atom is -0.318 e. The molecule has 0 radical (unpaired) electrons. The van der Waals surface area contributed by atoms with Crippen molar-refractivity contribution in [3.05, 3.63) is 97.3 Å². The van der Waals surface area contributed by atoms with E-state index in [-0.39, 0.29) is 32.0 Å². The number of carbonyl (C=O) groups excluding carboxylic acids is 2. The predicted molar refractivity (Wildman–Crippen MR) is 86.0 cm³/mol. The Morgan fingerprint density at radius 3 is 1.41 bits per heavy atom. The van der Waals surface area contributed by atoms with Gasteiger partial charge in [-0.05, 0) is 0 Å². The van der Waals surface area contributed by atoms with E-state index in [2.05, 4.69) is 13.5 Å². The van der Waals surface area contributed by atoms with Crippen LogP contribution < -0.4 is 0 Å².